The molecule has 0 atom stereocenters. The first-order chi connectivity index (χ1) is 9.19. The molecule has 0 aliphatic heterocycles. The molecule has 5 nitrogen and oxygen atoms in total. The average Bonchev–Trinajstić information content (AvgIpc) is 2.86. The van der Waals surface area contributed by atoms with E-state index in [9.17, 15) is 4.79 Å². The van der Waals surface area contributed by atoms with Gasteiger partial charge in [-0.25, -0.2) is 0 Å². The van der Waals surface area contributed by atoms with Crippen LogP contribution < -0.4 is 0 Å². The molecule has 1 heterocycles. The van der Waals surface area contributed by atoms with Crippen LogP contribution in [0.3, 0.4) is 0 Å². The number of hydrogen-bond donors (Lipinski definition) is 1. The van der Waals surface area contributed by atoms with E-state index >= 15 is 0 Å². The van der Waals surface area contributed by atoms with E-state index < -0.39 is 5.97 Å². The molecule has 0 unspecified atom stereocenters. The zero-order valence-corrected chi connectivity index (χ0v) is 11.5. The fourth-order valence-electron chi connectivity index (χ4n) is 2.87. The Balaban J connectivity index is 1.84. The first-order valence-corrected chi connectivity index (χ1v) is 7.23. The Morgan fingerprint density at radius 2 is 2.11 bits per heavy atom. The van der Waals surface area contributed by atoms with Gasteiger partial charge in [-0.05, 0) is 31.6 Å². The Morgan fingerprint density at radius 1 is 1.37 bits per heavy atom. The lowest BCUT2D eigenvalue weighted by molar-refractivity contribution is -0.137. The molecule has 0 bridgehead atoms. The summed E-state index contributed by atoms with van der Waals surface area (Å²) in [6, 6.07) is 0. The molecule has 0 amide bonds. The minimum atomic E-state index is -0.833. The molecule has 0 spiro atoms. The summed E-state index contributed by atoms with van der Waals surface area (Å²) in [5, 5.41) is 12.6. The van der Waals surface area contributed by atoms with E-state index in [4.69, 9.17) is 9.63 Å². The third kappa shape index (κ3) is 4.04. The summed E-state index contributed by atoms with van der Waals surface area (Å²) in [5.41, 5.74) is 0. The fraction of sp³-hybridized carbons (Fsp3) is 0.786. The average molecular weight is 266 g/mol. The van der Waals surface area contributed by atoms with Crippen LogP contribution in [-0.2, 0) is 11.2 Å². The Labute approximate surface area is 113 Å². The summed E-state index contributed by atoms with van der Waals surface area (Å²) in [4.78, 5) is 14.8. The van der Waals surface area contributed by atoms with E-state index in [1.807, 2.05) is 0 Å². The van der Waals surface area contributed by atoms with Crippen molar-refractivity contribution >= 4 is 5.97 Å². The SMILES string of the molecule is CCCC1CCC(c2noc(CCC(=O)O)n2)CC1. The van der Waals surface area contributed by atoms with E-state index in [0.717, 1.165) is 24.6 Å². The van der Waals surface area contributed by atoms with Gasteiger partial charge in [-0.3, -0.25) is 4.79 Å². The second kappa shape index (κ2) is 6.68. The van der Waals surface area contributed by atoms with Crippen LogP contribution in [0, 0.1) is 5.92 Å². The van der Waals surface area contributed by atoms with Gasteiger partial charge in [-0.2, -0.15) is 4.98 Å². The number of carboxylic acids is 1. The molecule has 1 aromatic heterocycles. The standard InChI is InChI=1S/C14H22N2O3/c1-2-3-10-4-6-11(7-5-10)14-15-12(19-16-14)8-9-13(17)18/h10-11H,2-9H2,1H3,(H,17,18). The highest BCUT2D eigenvalue weighted by atomic mass is 16.5. The van der Waals surface area contributed by atoms with Crippen molar-refractivity contribution in [3.05, 3.63) is 11.7 Å². The molecule has 0 saturated heterocycles. The van der Waals surface area contributed by atoms with Gasteiger partial charge in [0.25, 0.3) is 0 Å². The number of nitrogens with zero attached hydrogens (tertiary/aromatic N) is 2. The van der Waals surface area contributed by atoms with Gasteiger partial charge in [0.15, 0.2) is 5.82 Å². The molecule has 1 aromatic rings. The van der Waals surface area contributed by atoms with Gasteiger partial charge in [0.05, 0.1) is 6.42 Å². The van der Waals surface area contributed by atoms with Gasteiger partial charge >= 0.3 is 5.97 Å². The monoisotopic (exact) mass is 266 g/mol. The first kappa shape index (κ1) is 14.0. The molecule has 0 radical (unpaired) electrons. The summed E-state index contributed by atoms with van der Waals surface area (Å²) in [5.74, 6) is 1.65. The minimum Gasteiger partial charge on any atom is -0.481 e. The van der Waals surface area contributed by atoms with Gasteiger partial charge in [-0.1, -0.05) is 24.9 Å². The van der Waals surface area contributed by atoms with Crippen LogP contribution in [0.1, 0.15) is 69.5 Å². The highest BCUT2D eigenvalue weighted by Crippen LogP contribution is 2.36. The molecule has 5 heteroatoms. The molecule has 19 heavy (non-hydrogen) atoms. The second-order valence-electron chi connectivity index (χ2n) is 5.45. The largest absolute Gasteiger partial charge is 0.481 e. The summed E-state index contributed by atoms with van der Waals surface area (Å²) >= 11 is 0. The number of hydrogen-bond acceptors (Lipinski definition) is 4. The van der Waals surface area contributed by atoms with E-state index in [1.54, 1.807) is 0 Å². The molecule has 1 N–H and O–H groups in total. The molecule has 1 fully saturated rings. The van der Waals surface area contributed by atoms with Gasteiger partial charge in [0.2, 0.25) is 5.89 Å². The van der Waals surface area contributed by atoms with Crippen molar-refractivity contribution in [3.63, 3.8) is 0 Å². The molecule has 1 saturated carbocycles. The van der Waals surface area contributed by atoms with Crippen LogP contribution in [0.2, 0.25) is 0 Å². The summed E-state index contributed by atoms with van der Waals surface area (Å²) in [6.45, 7) is 2.24. The first-order valence-electron chi connectivity index (χ1n) is 7.23. The molecule has 106 valence electrons. The Hall–Kier alpha value is -1.39. The maximum Gasteiger partial charge on any atom is 0.303 e. The molecule has 2 rings (SSSR count). The van der Waals surface area contributed by atoms with Gasteiger partial charge in [-0.15, -0.1) is 0 Å². The normalized spacial score (nSPS) is 23.4. The van der Waals surface area contributed by atoms with Crippen LogP contribution in [-0.4, -0.2) is 21.2 Å². The van der Waals surface area contributed by atoms with Gasteiger partial charge in [0.1, 0.15) is 0 Å². The third-order valence-corrected chi connectivity index (χ3v) is 3.95. The van der Waals surface area contributed by atoms with Crippen LogP contribution in [0.5, 0.6) is 0 Å². The highest BCUT2D eigenvalue weighted by molar-refractivity contribution is 5.66. The van der Waals surface area contributed by atoms with E-state index in [2.05, 4.69) is 17.1 Å². The predicted octanol–water partition coefficient (Wildman–Crippen LogP) is 3.16. The summed E-state index contributed by atoms with van der Waals surface area (Å²) < 4.78 is 5.12. The summed E-state index contributed by atoms with van der Waals surface area (Å²) in [7, 11) is 0. The molecule has 1 aliphatic carbocycles. The van der Waals surface area contributed by atoms with Crippen molar-refractivity contribution in [2.75, 3.05) is 0 Å². The molecule has 0 aromatic carbocycles. The number of carbonyl (C=O) groups is 1. The van der Waals surface area contributed by atoms with E-state index in [0.29, 0.717) is 18.2 Å². The molecular weight excluding hydrogens is 244 g/mol. The van der Waals surface area contributed by atoms with E-state index in [-0.39, 0.29) is 6.42 Å². The van der Waals surface area contributed by atoms with Crippen molar-refractivity contribution in [1.82, 2.24) is 10.1 Å². The maximum atomic E-state index is 10.5. The van der Waals surface area contributed by atoms with E-state index in [1.165, 1.54) is 25.7 Å². The number of aryl methyl sites for hydroxylation is 1. The van der Waals surface area contributed by atoms with Crippen molar-refractivity contribution in [2.24, 2.45) is 5.92 Å². The number of aromatic nitrogens is 2. The third-order valence-electron chi connectivity index (χ3n) is 3.95. The topological polar surface area (TPSA) is 76.2 Å². The summed E-state index contributed by atoms with van der Waals surface area (Å²) in [6.07, 6.45) is 7.71. The zero-order chi connectivity index (χ0) is 13.7. The molecular formula is C14H22N2O3. The lowest BCUT2D eigenvalue weighted by Crippen LogP contribution is -2.14. The number of aliphatic carboxylic acids is 1. The lowest BCUT2D eigenvalue weighted by atomic mass is 9.80. The van der Waals surface area contributed by atoms with Crippen LogP contribution in [0.15, 0.2) is 4.52 Å². The zero-order valence-electron chi connectivity index (χ0n) is 11.5. The second-order valence-corrected chi connectivity index (χ2v) is 5.45. The molecule has 1 aliphatic rings. The number of rotatable bonds is 6. The van der Waals surface area contributed by atoms with Crippen molar-refractivity contribution < 1.29 is 14.4 Å². The van der Waals surface area contributed by atoms with Crippen molar-refractivity contribution in [2.45, 2.75) is 64.2 Å². The highest BCUT2D eigenvalue weighted by Gasteiger charge is 2.25. The maximum absolute atomic E-state index is 10.5. The quantitative estimate of drug-likeness (QED) is 0.855. The van der Waals surface area contributed by atoms with Crippen molar-refractivity contribution in [1.29, 1.82) is 0 Å². The van der Waals surface area contributed by atoms with Crippen LogP contribution in [0.4, 0.5) is 0 Å². The number of carboxylic acid groups (broad SMARTS) is 1. The smallest absolute Gasteiger partial charge is 0.303 e. The predicted molar refractivity (Wildman–Crippen MR) is 69.9 cm³/mol. The minimum absolute atomic E-state index is 0.0465. The van der Waals surface area contributed by atoms with Gasteiger partial charge in [0, 0.05) is 12.3 Å². The Bertz CT molecular complexity index is 409. The van der Waals surface area contributed by atoms with Gasteiger partial charge < -0.3 is 9.63 Å². The Morgan fingerprint density at radius 3 is 2.74 bits per heavy atom. The fourth-order valence-corrected chi connectivity index (χ4v) is 2.87. The van der Waals surface area contributed by atoms with Crippen LogP contribution >= 0.6 is 0 Å². The Kier molecular flexibility index (Phi) is 4.93. The lowest BCUT2D eigenvalue weighted by Gasteiger charge is -2.26. The van der Waals surface area contributed by atoms with Crippen LogP contribution in [0.25, 0.3) is 0 Å². The van der Waals surface area contributed by atoms with Crippen molar-refractivity contribution in [3.8, 4) is 0 Å².